The van der Waals surface area contributed by atoms with E-state index in [0.717, 1.165) is 11.3 Å². The molecule has 1 aromatic rings. The van der Waals surface area contributed by atoms with Crippen LogP contribution < -0.4 is 5.32 Å². The fourth-order valence-corrected chi connectivity index (χ4v) is 2.35. The summed E-state index contributed by atoms with van der Waals surface area (Å²) in [5.41, 5.74) is -0.0797. The van der Waals surface area contributed by atoms with Crippen LogP contribution in [0.5, 0.6) is 0 Å². The van der Waals surface area contributed by atoms with E-state index < -0.39 is 5.97 Å². The van der Waals surface area contributed by atoms with Gasteiger partial charge in [0.1, 0.15) is 4.88 Å². The lowest BCUT2D eigenvalue weighted by Crippen LogP contribution is -2.40. The highest BCUT2D eigenvalue weighted by molar-refractivity contribution is 7.15. The van der Waals surface area contributed by atoms with Gasteiger partial charge in [-0.1, -0.05) is 20.8 Å². The number of aromatic carboxylic acids is 1. The predicted molar refractivity (Wildman–Crippen MR) is 73.9 cm³/mol. The van der Waals surface area contributed by atoms with Crippen molar-refractivity contribution in [2.75, 3.05) is 13.7 Å². The number of hydrogen-bond donors (Lipinski definition) is 2. The molecule has 0 aromatic carbocycles. The summed E-state index contributed by atoms with van der Waals surface area (Å²) in [5.74, 6) is -1.29. The van der Waals surface area contributed by atoms with Crippen molar-refractivity contribution in [3.63, 3.8) is 0 Å². The summed E-state index contributed by atoms with van der Waals surface area (Å²) in [6, 6.07) is 2.95. The zero-order valence-electron chi connectivity index (χ0n) is 11.5. The number of thiophene rings is 1. The zero-order chi connectivity index (χ0) is 14.6. The van der Waals surface area contributed by atoms with Crippen LogP contribution in [0.1, 0.15) is 40.1 Å². The third-order valence-electron chi connectivity index (χ3n) is 2.74. The Hall–Kier alpha value is -1.40. The lowest BCUT2D eigenvalue weighted by atomic mass is 9.89. The second-order valence-corrected chi connectivity index (χ2v) is 6.35. The number of carboxylic acids is 1. The van der Waals surface area contributed by atoms with Crippen LogP contribution in [-0.4, -0.2) is 36.7 Å². The van der Waals surface area contributed by atoms with E-state index in [9.17, 15) is 9.59 Å². The molecule has 0 saturated heterocycles. The van der Waals surface area contributed by atoms with Gasteiger partial charge in [0.2, 0.25) is 0 Å². The summed E-state index contributed by atoms with van der Waals surface area (Å²) in [5, 5.41) is 11.6. The number of nitrogens with one attached hydrogen (secondary N) is 1. The Labute approximate surface area is 116 Å². The molecule has 6 heteroatoms. The third-order valence-corrected chi connectivity index (χ3v) is 3.81. The average Bonchev–Trinajstić information content (AvgIpc) is 2.77. The molecule has 1 amide bonds. The Morgan fingerprint density at radius 1 is 1.37 bits per heavy atom. The van der Waals surface area contributed by atoms with E-state index in [1.165, 1.54) is 12.1 Å². The fourth-order valence-electron chi connectivity index (χ4n) is 1.59. The molecule has 0 aliphatic rings. The number of ether oxygens (including phenoxy) is 1. The summed E-state index contributed by atoms with van der Waals surface area (Å²) in [6.07, 6.45) is -0.102. The van der Waals surface area contributed by atoms with E-state index in [-0.39, 0.29) is 22.3 Å². The standard InChI is InChI=1S/C13H19NO4S/c1-13(2,3)10(18-4)7-14-11(15)8-5-6-9(19-8)12(16)17/h5-6,10H,7H2,1-4H3,(H,14,15)(H,16,17). The van der Waals surface area contributed by atoms with Crippen LogP contribution in [0.3, 0.4) is 0 Å². The van der Waals surface area contributed by atoms with Crippen molar-refractivity contribution < 1.29 is 19.4 Å². The molecule has 19 heavy (non-hydrogen) atoms. The molecule has 1 unspecified atom stereocenters. The molecule has 2 N–H and O–H groups in total. The minimum absolute atomic E-state index is 0.0797. The minimum Gasteiger partial charge on any atom is -0.477 e. The Kier molecular flexibility index (Phi) is 5.08. The van der Waals surface area contributed by atoms with Crippen molar-refractivity contribution in [3.05, 3.63) is 21.9 Å². The molecule has 1 atom stereocenters. The molecule has 0 bridgehead atoms. The molecule has 0 radical (unpaired) electrons. The van der Waals surface area contributed by atoms with Crippen LogP contribution in [-0.2, 0) is 4.74 Å². The number of amides is 1. The van der Waals surface area contributed by atoms with Gasteiger partial charge in [0, 0.05) is 13.7 Å². The van der Waals surface area contributed by atoms with E-state index in [2.05, 4.69) is 5.32 Å². The molecular formula is C13H19NO4S. The van der Waals surface area contributed by atoms with Crippen LogP contribution in [0.25, 0.3) is 0 Å². The van der Waals surface area contributed by atoms with Gasteiger partial charge in [-0.2, -0.15) is 0 Å². The molecule has 1 rings (SSSR count). The first-order valence-corrected chi connectivity index (χ1v) is 6.71. The van der Waals surface area contributed by atoms with Crippen LogP contribution in [0, 0.1) is 5.41 Å². The smallest absolute Gasteiger partial charge is 0.345 e. The van der Waals surface area contributed by atoms with Crippen molar-refractivity contribution in [2.24, 2.45) is 5.41 Å². The predicted octanol–water partition coefficient (Wildman–Crippen LogP) is 2.24. The van der Waals surface area contributed by atoms with Crippen molar-refractivity contribution in [2.45, 2.75) is 26.9 Å². The molecule has 0 saturated carbocycles. The lowest BCUT2D eigenvalue weighted by Gasteiger charge is -2.29. The van der Waals surface area contributed by atoms with Crippen molar-refractivity contribution in [1.29, 1.82) is 0 Å². The Morgan fingerprint density at radius 3 is 2.37 bits per heavy atom. The average molecular weight is 285 g/mol. The molecular weight excluding hydrogens is 266 g/mol. The summed E-state index contributed by atoms with van der Waals surface area (Å²) < 4.78 is 5.34. The second-order valence-electron chi connectivity index (χ2n) is 5.27. The number of carbonyl (C=O) groups excluding carboxylic acids is 1. The molecule has 1 aromatic heterocycles. The van der Waals surface area contributed by atoms with Crippen LogP contribution in [0.4, 0.5) is 0 Å². The number of rotatable bonds is 5. The van der Waals surface area contributed by atoms with Gasteiger partial charge in [0.25, 0.3) is 5.91 Å². The number of carbonyl (C=O) groups is 2. The van der Waals surface area contributed by atoms with E-state index in [0.29, 0.717) is 11.4 Å². The van der Waals surface area contributed by atoms with Gasteiger partial charge >= 0.3 is 5.97 Å². The summed E-state index contributed by atoms with van der Waals surface area (Å²) in [4.78, 5) is 23.2. The van der Waals surface area contributed by atoms with Gasteiger partial charge in [-0.15, -0.1) is 11.3 Å². The highest BCUT2D eigenvalue weighted by Crippen LogP contribution is 2.21. The topological polar surface area (TPSA) is 75.6 Å². The Bertz CT molecular complexity index is 461. The third kappa shape index (κ3) is 4.33. The largest absolute Gasteiger partial charge is 0.477 e. The molecule has 0 aliphatic carbocycles. The monoisotopic (exact) mass is 285 g/mol. The summed E-state index contributed by atoms with van der Waals surface area (Å²) in [7, 11) is 1.61. The Morgan fingerprint density at radius 2 is 1.95 bits per heavy atom. The highest BCUT2D eigenvalue weighted by atomic mass is 32.1. The molecule has 0 spiro atoms. The van der Waals surface area contributed by atoms with Crippen LogP contribution in [0.2, 0.25) is 0 Å². The van der Waals surface area contributed by atoms with Crippen molar-refractivity contribution in [1.82, 2.24) is 5.32 Å². The summed E-state index contributed by atoms with van der Waals surface area (Å²) >= 11 is 0.963. The van der Waals surface area contributed by atoms with Gasteiger partial charge in [0.05, 0.1) is 11.0 Å². The molecule has 106 valence electrons. The number of carboxylic acid groups (broad SMARTS) is 1. The minimum atomic E-state index is -1.02. The van der Waals surface area contributed by atoms with E-state index in [1.54, 1.807) is 7.11 Å². The second kappa shape index (κ2) is 6.16. The fraction of sp³-hybridized carbons (Fsp3) is 0.538. The van der Waals surface area contributed by atoms with Crippen LogP contribution in [0.15, 0.2) is 12.1 Å². The van der Waals surface area contributed by atoms with E-state index >= 15 is 0 Å². The molecule has 5 nitrogen and oxygen atoms in total. The van der Waals surface area contributed by atoms with Crippen molar-refractivity contribution >= 4 is 23.2 Å². The molecule has 0 aliphatic heterocycles. The molecule has 0 fully saturated rings. The van der Waals surface area contributed by atoms with Gasteiger partial charge in [0.15, 0.2) is 0 Å². The van der Waals surface area contributed by atoms with E-state index in [1.807, 2.05) is 20.8 Å². The normalized spacial score (nSPS) is 13.1. The molecule has 1 heterocycles. The number of hydrogen-bond acceptors (Lipinski definition) is 4. The first-order chi connectivity index (χ1) is 8.75. The maximum atomic E-state index is 11.9. The first-order valence-electron chi connectivity index (χ1n) is 5.90. The van der Waals surface area contributed by atoms with Gasteiger partial charge in [-0.25, -0.2) is 4.79 Å². The maximum absolute atomic E-state index is 11.9. The lowest BCUT2D eigenvalue weighted by molar-refractivity contribution is 0.0176. The number of methoxy groups -OCH3 is 1. The Balaban J connectivity index is 2.62. The highest BCUT2D eigenvalue weighted by Gasteiger charge is 2.25. The first kappa shape index (κ1) is 15.7. The summed E-state index contributed by atoms with van der Waals surface area (Å²) in [6.45, 7) is 6.47. The van der Waals surface area contributed by atoms with Gasteiger partial charge in [-0.3, -0.25) is 4.79 Å². The quantitative estimate of drug-likeness (QED) is 0.870. The van der Waals surface area contributed by atoms with E-state index in [4.69, 9.17) is 9.84 Å². The SMILES string of the molecule is COC(CNC(=O)c1ccc(C(=O)O)s1)C(C)(C)C. The van der Waals surface area contributed by atoms with Crippen molar-refractivity contribution in [3.8, 4) is 0 Å². The zero-order valence-corrected chi connectivity index (χ0v) is 12.3. The van der Waals surface area contributed by atoms with Gasteiger partial charge in [-0.05, 0) is 17.5 Å². The van der Waals surface area contributed by atoms with Gasteiger partial charge < -0.3 is 15.2 Å². The van der Waals surface area contributed by atoms with Crippen LogP contribution >= 0.6 is 11.3 Å². The maximum Gasteiger partial charge on any atom is 0.345 e.